The molecule has 0 heterocycles. The minimum Gasteiger partial charge on any atom is -0.368 e. The number of rotatable bonds is 7. The molecule has 0 saturated carbocycles. The first-order valence-electron chi connectivity index (χ1n) is 5.15. The van der Waals surface area contributed by atoms with E-state index in [0.29, 0.717) is 6.54 Å². The van der Waals surface area contributed by atoms with Gasteiger partial charge in [-0.25, -0.2) is 0 Å². The van der Waals surface area contributed by atoms with Crippen LogP contribution in [0.4, 0.5) is 0 Å². The highest BCUT2D eigenvalue weighted by atomic mass is 16.1. The molecule has 0 aromatic heterocycles. The molecule has 0 fully saturated rings. The molecule has 5 nitrogen and oxygen atoms in total. The van der Waals surface area contributed by atoms with E-state index < -0.39 is 11.9 Å². The molecule has 1 amide bonds. The van der Waals surface area contributed by atoms with Crippen LogP contribution < -0.4 is 16.8 Å². The minimum atomic E-state index is -0.597. The van der Waals surface area contributed by atoms with Crippen molar-refractivity contribution >= 4 is 5.91 Å². The molecular weight excluding hydrogens is 192 g/mol. The average molecular weight is 216 g/mol. The predicted octanol–water partition coefficient (Wildman–Crippen LogP) is -1.02. The van der Waals surface area contributed by atoms with Crippen molar-refractivity contribution in [1.82, 2.24) is 10.2 Å². The number of carbonyl (C=O) groups is 1. The third-order valence-corrected chi connectivity index (χ3v) is 2.08. The summed E-state index contributed by atoms with van der Waals surface area (Å²) >= 11 is 0. The smallest absolute Gasteiger partial charge is 0.235 e. The summed E-state index contributed by atoms with van der Waals surface area (Å²) in [6.07, 6.45) is 0. The van der Waals surface area contributed by atoms with Gasteiger partial charge in [0.1, 0.15) is 0 Å². The first-order chi connectivity index (χ1) is 6.74. The summed E-state index contributed by atoms with van der Waals surface area (Å²) in [4.78, 5) is 12.8. The van der Waals surface area contributed by atoms with Crippen molar-refractivity contribution in [3.8, 4) is 0 Å². The van der Waals surface area contributed by atoms with Gasteiger partial charge in [-0.2, -0.15) is 0 Å². The van der Waals surface area contributed by atoms with Crippen LogP contribution in [0.2, 0.25) is 0 Å². The van der Waals surface area contributed by atoms with Crippen LogP contribution in [0, 0.1) is 5.41 Å². The van der Waals surface area contributed by atoms with E-state index in [9.17, 15) is 4.79 Å². The highest BCUT2D eigenvalue weighted by Gasteiger charge is 2.19. The summed E-state index contributed by atoms with van der Waals surface area (Å²) in [5.41, 5.74) is 10.7. The molecule has 0 aliphatic heterocycles. The maximum Gasteiger partial charge on any atom is 0.235 e. The molecule has 90 valence electrons. The van der Waals surface area contributed by atoms with Crippen molar-refractivity contribution in [2.45, 2.75) is 19.9 Å². The summed E-state index contributed by atoms with van der Waals surface area (Å²) in [7, 11) is 4.08. The number of hydrogen-bond donors (Lipinski definition) is 3. The maximum atomic E-state index is 10.7. The summed E-state index contributed by atoms with van der Waals surface area (Å²) < 4.78 is 0. The molecule has 0 aliphatic rings. The van der Waals surface area contributed by atoms with E-state index in [1.807, 2.05) is 14.1 Å². The van der Waals surface area contributed by atoms with Crippen LogP contribution in [0.15, 0.2) is 0 Å². The van der Waals surface area contributed by atoms with Crippen molar-refractivity contribution in [1.29, 1.82) is 0 Å². The Hall–Kier alpha value is -0.650. The number of nitrogens with one attached hydrogen (secondary N) is 1. The quantitative estimate of drug-likeness (QED) is 0.508. The highest BCUT2D eigenvalue weighted by molar-refractivity contribution is 5.79. The molecule has 0 aromatic carbocycles. The Kier molecular flexibility index (Phi) is 5.79. The fourth-order valence-electron chi connectivity index (χ4n) is 1.58. The van der Waals surface area contributed by atoms with Gasteiger partial charge in [-0.3, -0.25) is 4.79 Å². The second-order valence-corrected chi connectivity index (χ2v) is 5.04. The Labute approximate surface area is 92.2 Å². The monoisotopic (exact) mass is 216 g/mol. The van der Waals surface area contributed by atoms with Crippen LogP contribution in [0.5, 0.6) is 0 Å². The lowest BCUT2D eigenvalue weighted by molar-refractivity contribution is -0.119. The summed E-state index contributed by atoms with van der Waals surface area (Å²) in [5, 5.41) is 3.16. The molecule has 0 aliphatic carbocycles. The second-order valence-electron chi connectivity index (χ2n) is 5.04. The van der Waals surface area contributed by atoms with Crippen molar-refractivity contribution in [2.75, 3.05) is 33.7 Å². The normalized spacial score (nSPS) is 14.3. The number of nitrogens with zero attached hydrogens (tertiary/aromatic N) is 1. The van der Waals surface area contributed by atoms with Crippen molar-refractivity contribution in [2.24, 2.45) is 16.9 Å². The molecule has 0 bridgehead atoms. The van der Waals surface area contributed by atoms with Gasteiger partial charge in [-0.1, -0.05) is 13.8 Å². The van der Waals surface area contributed by atoms with Crippen LogP contribution >= 0.6 is 0 Å². The van der Waals surface area contributed by atoms with E-state index in [-0.39, 0.29) is 5.41 Å². The summed E-state index contributed by atoms with van der Waals surface area (Å²) in [5.74, 6) is -0.465. The first kappa shape index (κ1) is 14.3. The molecule has 0 saturated heterocycles. The molecule has 5 heteroatoms. The predicted molar refractivity (Wildman–Crippen MR) is 62.4 cm³/mol. The fourth-order valence-corrected chi connectivity index (χ4v) is 1.58. The SMILES string of the molecule is CN(C)CC(C)(C)CNCC(N)C(N)=O. The number of nitrogens with two attached hydrogens (primary N) is 2. The molecule has 15 heavy (non-hydrogen) atoms. The molecule has 1 unspecified atom stereocenters. The number of amides is 1. The van der Waals surface area contributed by atoms with Crippen LogP contribution in [0.1, 0.15) is 13.8 Å². The summed E-state index contributed by atoms with van der Waals surface area (Å²) in [6, 6.07) is -0.597. The van der Waals surface area contributed by atoms with Gasteiger partial charge in [0.05, 0.1) is 6.04 Å². The minimum absolute atomic E-state index is 0.154. The zero-order chi connectivity index (χ0) is 12.1. The zero-order valence-corrected chi connectivity index (χ0v) is 10.2. The van der Waals surface area contributed by atoms with Gasteiger partial charge in [-0.05, 0) is 19.5 Å². The fraction of sp³-hybridized carbons (Fsp3) is 0.900. The molecule has 0 spiro atoms. The number of primary amides is 1. The van der Waals surface area contributed by atoms with Crippen molar-refractivity contribution in [3.63, 3.8) is 0 Å². The molecule has 5 N–H and O–H groups in total. The van der Waals surface area contributed by atoms with Gasteiger partial charge >= 0.3 is 0 Å². The Morgan fingerprint density at radius 3 is 2.40 bits per heavy atom. The Morgan fingerprint density at radius 2 is 2.00 bits per heavy atom. The van der Waals surface area contributed by atoms with E-state index in [1.165, 1.54) is 0 Å². The number of hydrogen-bond acceptors (Lipinski definition) is 4. The molecular formula is C10H24N4O. The molecule has 0 rings (SSSR count). The average Bonchev–Trinajstić information content (AvgIpc) is 2.00. The second kappa shape index (κ2) is 6.05. The van der Waals surface area contributed by atoms with E-state index in [2.05, 4.69) is 24.1 Å². The Balaban J connectivity index is 3.79. The van der Waals surface area contributed by atoms with Gasteiger partial charge in [0, 0.05) is 19.6 Å². The van der Waals surface area contributed by atoms with Crippen molar-refractivity contribution in [3.05, 3.63) is 0 Å². The van der Waals surface area contributed by atoms with E-state index >= 15 is 0 Å². The Bertz CT molecular complexity index is 204. The summed E-state index contributed by atoms with van der Waals surface area (Å²) in [6.45, 7) is 6.55. The maximum absolute atomic E-state index is 10.7. The molecule has 0 radical (unpaired) electrons. The van der Waals surface area contributed by atoms with E-state index in [1.54, 1.807) is 0 Å². The molecule has 1 atom stereocenters. The topological polar surface area (TPSA) is 84.4 Å². The lowest BCUT2D eigenvalue weighted by atomic mass is 9.93. The van der Waals surface area contributed by atoms with Crippen LogP contribution in [-0.2, 0) is 4.79 Å². The lowest BCUT2D eigenvalue weighted by Gasteiger charge is -2.28. The largest absolute Gasteiger partial charge is 0.368 e. The standard InChI is InChI=1S/C10H24N4O/c1-10(2,7-14(3)4)6-13-5-8(11)9(12)15/h8,13H,5-7,11H2,1-4H3,(H2,12,15). The van der Waals surface area contributed by atoms with Crippen molar-refractivity contribution < 1.29 is 4.79 Å². The van der Waals surface area contributed by atoms with Crippen LogP contribution in [0.25, 0.3) is 0 Å². The van der Waals surface area contributed by atoms with Gasteiger partial charge in [0.2, 0.25) is 5.91 Å². The first-order valence-corrected chi connectivity index (χ1v) is 5.15. The van der Waals surface area contributed by atoms with Gasteiger partial charge in [0.15, 0.2) is 0 Å². The van der Waals surface area contributed by atoms with E-state index in [0.717, 1.165) is 13.1 Å². The van der Waals surface area contributed by atoms with Gasteiger partial charge in [-0.15, -0.1) is 0 Å². The third kappa shape index (κ3) is 7.30. The van der Waals surface area contributed by atoms with E-state index in [4.69, 9.17) is 11.5 Å². The Morgan fingerprint density at radius 1 is 1.47 bits per heavy atom. The third-order valence-electron chi connectivity index (χ3n) is 2.08. The van der Waals surface area contributed by atoms with Crippen LogP contribution in [0.3, 0.4) is 0 Å². The zero-order valence-electron chi connectivity index (χ0n) is 10.2. The van der Waals surface area contributed by atoms with Gasteiger partial charge < -0.3 is 21.7 Å². The highest BCUT2D eigenvalue weighted by Crippen LogP contribution is 2.13. The number of carbonyl (C=O) groups excluding carboxylic acids is 1. The van der Waals surface area contributed by atoms with Gasteiger partial charge in [0.25, 0.3) is 0 Å². The van der Waals surface area contributed by atoms with Crippen LogP contribution in [-0.4, -0.2) is 50.6 Å². The lowest BCUT2D eigenvalue weighted by Crippen LogP contribution is -2.47. The molecule has 0 aromatic rings.